The highest BCUT2D eigenvalue weighted by Gasteiger charge is 2.39. The first-order valence-corrected chi connectivity index (χ1v) is 11.2. The van der Waals surface area contributed by atoms with Gasteiger partial charge in [0, 0.05) is 22.9 Å². The first-order chi connectivity index (χ1) is 15.6. The topological polar surface area (TPSA) is 79.0 Å². The van der Waals surface area contributed by atoms with Gasteiger partial charge in [0.25, 0.3) is 5.24 Å². The number of amides is 2. The van der Waals surface area contributed by atoms with Crippen molar-refractivity contribution in [2.24, 2.45) is 0 Å². The fraction of sp³-hybridized carbons (Fsp3) is 0.115. The molecule has 4 aromatic rings. The highest BCUT2D eigenvalue weighted by Crippen LogP contribution is 2.38. The molecule has 0 radical (unpaired) electrons. The third-order valence-corrected chi connectivity index (χ3v) is 6.89. The summed E-state index contributed by atoms with van der Waals surface area (Å²) in [6.45, 7) is 0. The van der Waals surface area contributed by atoms with Crippen molar-refractivity contribution in [1.29, 1.82) is 0 Å². The predicted molar refractivity (Wildman–Crippen MR) is 128 cm³/mol. The number of imide groups is 1. The van der Waals surface area contributed by atoms with E-state index in [9.17, 15) is 14.4 Å². The summed E-state index contributed by atoms with van der Waals surface area (Å²) >= 11 is 0.998. The lowest BCUT2D eigenvalue weighted by Crippen LogP contribution is -2.30. The molecule has 1 aromatic heterocycles. The van der Waals surface area contributed by atoms with E-state index >= 15 is 0 Å². The molecule has 3 aromatic carbocycles. The lowest BCUT2D eigenvalue weighted by atomic mass is 9.86. The fourth-order valence-corrected chi connectivity index (χ4v) is 5.23. The van der Waals surface area contributed by atoms with Gasteiger partial charge < -0.3 is 4.98 Å². The molecule has 5 rings (SSSR count). The van der Waals surface area contributed by atoms with Crippen molar-refractivity contribution >= 4 is 33.8 Å². The van der Waals surface area contributed by atoms with Gasteiger partial charge in [0.2, 0.25) is 11.5 Å². The molecule has 0 saturated carbocycles. The van der Waals surface area contributed by atoms with Crippen molar-refractivity contribution in [2.45, 2.75) is 17.6 Å². The van der Waals surface area contributed by atoms with Gasteiger partial charge in [-0.05, 0) is 34.7 Å². The SMILES string of the molecule is O=C1NC(=O)C(C(Cc2ccc(-c3ccccc3)cc2)c2cc(=O)[nH]c3ccccc23)S1. The molecule has 0 bridgehead atoms. The summed E-state index contributed by atoms with van der Waals surface area (Å²) in [5, 5.41) is 2.33. The van der Waals surface area contributed by atoms with Crippen LogP contribution in [0.3, 0.4) is 0 Å². The Labute approximate surface area is 188 Å². The summed E-state index contributed by atoms with van der Waals surface area (Å²) in [7, 11) is 0. The molecule has 1 aliphatic heterocycles. The van der Waals surface area contributed by atoms with Gasteiger partial charge >= 0.3 is 0 Å². The van der Waals surface area contributed by atoms with E-state index in [-0.39, 0.29) is 22.6 Å². The Bertz CT molecular complexity index is 1360. The normalized spacial score (nSPS) is 16.8. The number of nitrogens with one attached hydrogen (secondary N) is 2. The molecule has 5 nitrogen and oxygen atoms in total. The summed E-state index contributed by atoms with van der Waals surface area (Å²) in [5.41, 5.74) is 4.54. The van der Waals surface area contributed by atoms with Crippen LogP contribution in [0.15, 0.2) is 89.7 Å². The first kappa shape index (κ1) is 20.3. The maximum absolute atomic E-state index is 12.6. The van der Waals surface area contributed by atoms with Crippen LogP contribution in [0.2, 0.25) is 0 Å². The Morgan fingerprint density at radius 2 is 1.50 bits per heavy atom. The third kappa shape index (κ3) is 3.97. The molecule has 1 fully saturated rings. The average molecular weight is 441 g/mol. The number of pyridine rings is 1. The molecule has 0 aliphatic carbocycles. The smallest absolute Gasteiger partial charge is 0.286 e. The number of H-pyrrole nitrogens is 1. The lowest BCUT2D eigenvalue weighted by Gasteiger charge is -2.22. The number of carbonyl (C=O) groups excluding carboxylic acids is 2. The van der Waals surface area contributed by atoms with Crippen molar-refractivity contribution < 1.29 is 9.59 Å². The molecular weight excluding hydrogens is 420 g/mol. The summed E-state index contributed by atoms with van der Waals surface area (Å²) in [6.07, 6.45) is 0.529. The second-order valence-electron chi connectivity index (χ2n) is 7.82. The monoisotopic (exact) mass is 440 g/mol. The second-order valence-corrected chi connectivity index (χ2v) is 8.94. The van der Waals surface area contributed by atoms with Crippen LogP contribution < -0.4 is 10.9 Å². The molecule has 1 aliphatic rings. The van der Waals surface area contributed by atoms with Crippen molar-refractivity contribution in [3.8, 4) is 11.1 Å². The molecule has 0 spiro atoms. The van der Waals surface area contributed by atoms with Crippen LogP contribution in [0.4, 0.5) is 4.79 Å². The maximum Gasteiger partial charge on any atom is 0.286 e. The summed E-state index contributed by atoms with van der Waals surface area (Å²) in [4.78, 5) is 39.8. The van der Waals surface area contributed by atoms with E-state index < -0.39 is 5.25 Å². The van der Waals surface area contributed by atoms with Crippen molar-refractivity contribution in [3.05, 3.63) is 106 Å². The quantitative estimate of drug-likeness (QED) is 0.464. The highest BCUT2D eigenvalue weighted by molar-refractivity contribution is 8.15. The molecule has 32 heavy (non-hydrogen) atoms. The van der Waals surface area contributed by atoms with E-state index in [1.165, 1.54) is 0 Å². The van der Waals surface area contributed by atoms with Gasteiger partial charge in [-0.15, -0.1) is 0 Å². The Kier molecular flexibility index (Phi) is 5.37. The van der Waals surface area contributed by atoms with Gasteiger partial charge in [0.1, 0.15) is 5.25 Å². The van der Waals surface area contributed by atoms with Gasteiger partial charge in [-0.3, -0.25) is 19.7 Å². The van der Waals surface area contributed by atoms with Crippen LogP contribution in [-0.2, 0) is 11.2 Å². The van der Waals surface area contributed by atoms with Crippen LogP contribution in [0.5, 0.6) is 0 Å². The maximum atomic E-state index is 12.6. The second kappa shape index (κ2) is 8.48. The van der Waals surface area contributed by atoms with Crippen molar-refractivity contribution in [1.82, 2.24) is 10.3 Å². The van der Waals surface area contributed by atoms with Gasteiger partial charge in [0.05, 0.1) is 0 Å². The number of hydrogen-bond donors (Lipinski definition) is 2. The molecule has 2 amide bonds. The molecular formula is C26H20N2O3S. The van der Waals surface area contributed by atoms with Crippen molar-refractivity contribution in [2.75, 3.05) is 0 Å². The zero-order valence-corrected chi connectivity index (χ0v) is 17.9. The minimum absolute atomic E-state index is 0.224. The van der Waals surface area contributed by atoms with Crippen LogP contribution in [0.25, 0.3) is 22.0 Å². The van der Waals surface area contributed by atoms with E-state index in [0.29, 0.717) is 11.9 Å². The zero-order valence-electron chi connectivity index (χ0n) is 17.1. The molecule has 1 saturated heterocycles. The molecule has 2 N–H and O–H groups in total. The number of fused-ring (bicyclic) bond motifs is 1. The van der Waals surface area contributed by atoms with Crippen LogP contribution in [0, 0.1) is 0 Å². The minimum atomic E-state index is -0.596. The number of benzene rings is 3. The highest BCUT2D eigenvalue weighted by atomic mass is 32.2. The van der Waals surface area contributed by atoms with Gasteiger partial charge in [-0.2, -0.15) is 0 Å². The van der Waals surface area contributed by atoms with Crippen LogP contribution >= 0.6 is 11.8 Å². The van der Waals surface area contributed by atoms with E-state index in [2.05, 4.69) is 34.6 Å². The molecule has 6 heteroatoms. The van der Waals surface area contributed by atoms with Gasteiger partial charge in [0.15, 0.2) is 0 Å². The predicted octanol–water partition coefficient (Wildman–Crippen LogP) is 4.87. The van der Waals surface area contributed by atoms with E-state index in [1.54, 1.807) is 6.07 Å². The van der Waals surface area contributed by atoms with Crippen LogP contribution in [0.1, 0.15) is 17.0 Å². The number of aromatic nitrogens is 1. The molecule has 2 atom stereocenters. The Morgan fingerprint density at radius 3 is 2.22 bits per heavy atom. The van der Waals surface area contributed by atoms with E-state index in [1.807, 2.05) is 54.6 Å². The summed E-state index contributed by atoms with van der Waals surface area (Å²) < 4.78 is 0. The number of thioether (sulfide) groups is 1. The fourth-order valence-electron chi connectivity index (χ4n) is 4.27. The number of hydrogen-bond acceptors (Lipinski definition) is 4. The Morgan fingerprint density at radius 1 is 0.812 bits per heavy atom. The standard InChI is InChI=1S/C26H20N2O3S/c29-23-15-20(19-8-4-5-9-22(19)27-23)21(24-25(30)28-26(31)32-24)14-16-10-12-18(13-11-16)17-6-2-1-3-7-17/h1-13,15,21,24H,14H2,(H,27,29)(H,28,30,31). The number of rotatable bonds is 5. The van der Waals surface area contributed by atoms with Crippen molar-refractivity contribution in [3.63, 3.8) is 0 Å². The Hall–Kier alpha value is -3.64. The number of para-hydroxylation sites is 1. The molecule has 2 heterocycles. The average Bonchev–Trinajstić information content (AvgIpc) is 3.15. The summed E-state index contributed by atoms with van der Waals surface area (Å²) in [5.74, 6) is -0.642. The number of aromatic amines is 1. The molecule has 2 unspecified atom stereocenters. The van der Waals surface area contributed by atoms with Gasteiger partial charge in [-0.1, -0.05) is 84.6 Å². The van der Waals surface area contributed by atoms with E-state index in [4.69, 9.17) is 0 Å². The largest absolute Gasteiger partial charge is 0.322 e. The molecule has 158 valence electrons. The Balaban J connectivity index is 1.56. The lowest BCUT2D eigenvalue weighted by molar-refractivity contribution is -0.119. The van der Waals surface area contributed by atoms with E-state index in [0.717, 1.165) is 39.4 Å². The van der Waals surface area contributed by atoms with Crippen LogP contribution in [-0.4, -0.2) is 21.4 Å². The van der Waals surface area contributed by atoms with Gasteiger partial charge in [-0.25, -0.2) is 0 Å². The number of carbonyl (C=O) groups is 2. The zero-order chi connectivity index (χ0) is 22.1. The summed E-state index contributed by atoms with van der Waals surface area (Å²) in [6, 6.07) is 27.4. The minimum Gasteiger partial charge on any atom is -0.322 e. The first-order valence-electron chi connectivity index (χ1n) is 10.4. The third-order valence-electron chi connectivity index (χ3n) is 5.78.